The van der Waals surface area contributed by atoms with Gasteiger partial charge in [0, 0.05) is 30.1 Å². The average molecular weight is 413 g/mol. The number of hydrogen-bond donors (Lipinski definition) is 2. The molecule has 0 bridgehead atoms. The first-order chi connectivity index (χ1) is 13.7. The maximum atomic E-state index is 12.9. The van der Waals surface area contributed by atoms with Crippen molar-refractivity contribution in [1.82, 2.24) is 9.88 Å². The number of fused-ring (bicyclic) bond motifs is 1. The van der Waals surface area contributed by atoms with Gasteiger partial charge in [0.1, 0.15) is 0 Å². The minimum atomic E-state index is -3.76. The predicted octanol–water partition coefficient (Wildman–Crippen LogP) is 2.23. The van der Waals surface area contributed by atoms with Gasteiger partial charge in [-0.15, -0.1) is 0 Å². The van der Waals surface area contributed by atoms with E-state index in [0.717, 1.165) is 5.56 Å². The summed E-state index contributed by atoms with van der Waals surface area (Å²) in [5.74, 6) is -0.0589. The normalized spacial score (nSPS) is 11.7. The predicted molar refractivity (Wildman–Crippen MR) is 112 cm³/mol. The Labute approximate surface area is 169 Å². The fourth-order valence-corrected chi connectivity index (χ4v) is 3.64. The van der Waals surface area contributed by atoms with Gasteiger partial charge in [-0.1, -0.05) is 44.2 Å². The number of primary sulfonamides is 1. The molecule has 7 nitrogen and oxygen atoms in total. The summed E-state index contributed by atoms with van der Waals surface area (Å²) in [5.41, 5.74) is 1.02. The smallest absolute Gasteiger partial charge is 0.258 e. The van der Waals surface area contributed by atoms with Gasteiger partial charge in [-0.25, -0.2) is 13.6 Å². The van der Waals surface area contributed by atoms with Crippen molar-refractivity contribution in [2.24, 2.45) is 11.1 Å². The second kappa shape index (κ2) is 8.18. The lowest BCUT2D eigenvalue weighted by molar-refractivity contribution is 0.0951. The third-order valence-corrected chi connectivity index (χ3v) is 5.43. The van der Waals surface area contributed by atoms with E-state index in [1.165, 1.54) is 12.1 Å². The van der Waals surface area contributed by atoms with Gasteiger partial charge in [0.25, 0.3) is 11.5 Å². The molecule has 3 rings (SSSR count). The van der Waals surface area contributed by atoms with Crippen LogP contribution in [0.25, 0.3) is 10.8 Å². The van der Waals surface area contributed by atoms with E-state index < -0.39 is 10.0 Å². The third kappa shape index (κ3) is 4.72. The Balaban J connectivity index is 1.89. The van der Waals surface area contributed by atoms with Gasteiger partial charge in [-0.2, -0.15) is 0 Å². The zero-order chi connectivity index (χ0) is 21.2. The van der Waals surface area contributed by atoms with Crippen LogP contribution in [0.5, 0.6) is 0 Å². The van der Waals surface area contributed by atoms with E-state index in [4.69, 9.17) is 5.14 Å². The molecule has 2 aromatic carbocycles. The molecule has 0 radical (unpaired) electrons. The monoisotopic (exact) mass is 413 g/mol. The van der Waals surface area contributed by atoms with Crippen LogP contribution in [0.15, 0.2) is 64.4 Å². The molecule has 0 aliphatic rings. The Kier molecular flexibility index (Phi) is 5.86. The second-order valence-corrected chi connectivity index (χ2v) is 8.87. The summed E-state index contributed by atoms with van der Waals surface area (Å²) < 4.78 is 24.2. The number of nitrogens with two attached hydrogens (primary N) is 1. The number of pyridine rings is 1. The summed E-state index contributed by atoms with van der Waals surface area (Å²) in [5, 5.41) is 9.02. The van der Waals surface area contributed by atoms with Crippen molar-refractivity contribution in [3.8, 4) is 0 Å². The largest absolute Gasteiger partial charge is 0.348 e. The van der Waals surface area contributed by atoms with E-state index in [-0.39, 0.29) is 28.8 Å². The molecule has 0 saturated heterocycles. The van der Waals surface area contributed by atoms with Crippen molar-refractivity contribution in [2.45, 2.75) is 31.8 Å². The fraction of sp³-hybridized carbons (Fsp3) is 0.238. The minimum absolute atomic E-state index is 0.0133. The fourth-order valence-electron chi connectivity index (χ4n) is 3.13. The van der Waals surface area contributed by atoms with Crippen LogP contribution in [0.2, 0.25) is 0 Å². The molecule has 1 amide bonds. The SMILES string of the molecule is CC(C)Cn1cc(C(=O)NCc2ccc(S(N)(=O)=O)cc2)c2ccccc2c1=O. The van der Waals surface area contributed by atoms with E-state index in [1.807, 2.05) is 13.8 Å². The highest BCUT2D eigenvalue weighted by atomic mass is 32.2. The zero-order valence-electron chi connectivity index (χ0n) is 16.3. The van der Waals surface area contributed by atoms with Gasteiger partial charge in [0.05, 0.1) is 10.5 Å². The number of nitrogens with one attached hydrogen (secondary N) is 1. The topological polar surface area (TPSA) is 111 Å². The van der Waals surface area contributed by atoms with Gasteiger partial charge in [-0.05, 0) is 29.7 Å². The first-order valence-corrected chi connectivity index (χ1v) is 10.7. The van der Waals surface area contributed by atoms with Crippen LogP contribution in [-0.2, 0) is 23.1 Å². The van der Waals surface area contributed by atoms with Crippen LogP contribution in [0.1, 0.15) is 29.8 Å². The summed E-state index contributed by atoms with van der Waals surface area (Å²) in [6, 6.07) is 13.0. The number of sulfonamides is 1. The molecule has 3 N–H and O–H groups in total. The number of carbonyl (C=O) groups is 1. The Morgan fingerprint density at radius 3 is 2.28 bits per heavy atom. The van der Waals surface area contributed by atoms with Crippen LogP contribution < -0.4 is 16.0 Å². The van der Waals surface area contributed by atoms with Crippen LogP contribution >= 0.6 is 0 Å². The molecule has 8 heteroatoms. The molecule has 0 saturated carbocycles. The van der Waals surface area contributed by atoms with Crippen molar-refractivity contribution in [3.63, 3.8) is 0 Å². The lowest BCUT2D eigenvalue weighted by Gasteiger charge is -2.14. The van der Waals surface area contributed by atoms with Gasteiger partial charge >= 0.3 is 0 Å². The molecule has 0 unspecified atom stereocenters. The lowest BCUT2D eigenvalue weighted by Crippen LogP contribution is -2.28. The summed E-state index contributed by atoms with van der Waals surface area (Å²) in [6.45, 7) is 4.74. The van der Waals surface area contributed by atoms with Crippen LogP contribution in [0.4, 0.5) is 0 Å². The van der Waals surface area contributed by atoms with Crippen LogP contribution in [-0.4, -0.2) is 18.9 Å². The number of carbonyl (C=O) groups excluding carboxylic acids is 1. The first-order valence-electron chi connectivity index (χ1n) is 9.19. The highest BCUT2D eigenvalue weighted by Gasteiger charge is 2.15. The van der Waals surface area contributed by atoms with E-state index in [2.05, 4.69) is 5.32 Å². The van der Waals surface area contributed by atoms with Gasteiger partial charge in [0.2, 0.25) is 10.0 Å². The number of benzene rings is 2. The standard InChI is InChI=1S/C21H23N3O4S/c1-14(2)12-24-13-19(17-5-3-4-6-18(17)21(24)26)20(25)23-11-15-7-9-16(10-8-15)29(22,27)28/h3-10,13-14H,11-12H2,1-2H3,(H,23,25)(H2,22,27,28). The van der Waals surface area contributed by atoms with Crippen molar-refractivity contribution >= 4 is 26.7 Å². The highest BCUT2D eigenvalue weighted by Crippen LogP contribution is 2.16. The lowest BCUT2D eigenvalue weighted by atomic mass is 10.1. The van der Waals surface area contributed by atoms with Gasteiger partial charge in [0.15, 0.2) is 0 Å². The number of amides is 1. The molecule has 0 spiro atoms. The molecule has 1 heterocycles. The Morgan fingerprint density at radius 2 is 1.69 bits per heavy atom. The van der Waals surface area contributed by atoms with Crippen molar-refractivity contribution < 1.29 is 13.2 Å². The molecular weight excluding hydrogens is 390 g/mol. The number of hydrogen-bond acceptors (Lipinski definition) is 4. The van der Waals surface area contributed by atoms with E-state index in [9.17, 15) is 18.0 Å². The van der Waals surface area contributed by atoms with Gasteiger partial charge in [-0.3, -0.25) is 9.59 Å². The molecule has 1 aromatic heterocycles. The number of nitrogens with zero attached hydrogens (tertiary/aromatic N) is 1. The Morgan fingerprint density at radius 1 is 1.07 bits per heavy atom. The van der Waals surface area contributed by atoms with E-state index in [0.29, 0.717) is 22.9 Å². The minimum Gasteiger partial charge on any atom is -0.348 e. The molecule has 0 aliphatic heterocycles. The Hall–Kier alpha value is -2.97. The number of aromatic nitrogens is 1. The molecule has 0 atom stereocenters. The molecule has 29 heavy (non-hydrogen) atoms. The third-order valence-electron chi connectivity index (χ3n) is 4.50. The summed E-state index contributed by atoms with van der Waals surface area (Å²) in [7, 11) is -3.76. The molecule has 0 aliphatic carbocycles. The Bertz CT molecular complexity index is 1210. The maximum absolute atomic E-state index is 12.9. The van der Waals surface area contributed by atoms with E-state index in [1.54, 1.807) is 47.2 Å². The molecular formula is C21H23N3O4S. The highest BCUT2D eigenvalue weighted by molar-refractivity contribution is 7.89. The van der Waals surface area contributed by atoms with Crippen molar-refractivity contribution in [3.05, 3.63) is 76.2 Å². The second-order valence-electron chi connectivity index (χ2n) is 7.31. The maximum Gasteiger partial charge on any atom is 0.258 e. The molecule has 152 valence electrons. The van der Waals surface area contributed by atoms with Crippen LogP contribution in [0, 0.1) is 5.92 Å². The average Bonchev–Trinajstić information content (AvgIpc) is 2.67. The summed E-state index contributed by atoms with van der Waals surface area (Å²) >= 11 is 0. The molecule has 3 aromatic rings. The molecule has 0 fully saturated rings. The van der Waals surface area contributed by atoms with Crippen LogP contribution in [0.3, 0.4) is 0 Å². The quantitative estimate of drug-likeness (QED) is 0.645. The summed E-state index contributed by atoms with van der Waals surface area (Å²) in [4.78, 5) is 25.6. The van der Waals surface area contributed by atoms with Gasteiger partial charge < -0.3 is 9.88 Å². The van der Waals surface area contributed by atoms with Crippen molar-refractivity contribution in [2.75, 3.05) is 0 Å². The first kappa shape index (κ1) is 20.8. The zero-order valence-corrected chi connectivity index (χ0v) is 17.1. The summed E-state index contributed by atoms with van der Waals surface area (Å²) in [6.07, 6.45) is 1.60. The number of rotatable bonds is 6. The van der Waals surface area contributed by atoms with E-state index >= 15 is 0 Å². The van der Waals surface area contributed by atoms with Crippen molar-refractivity contribution in [1.29, 1.82) is 0 Å².